The molecule has 0 heterocycles. The van der Waals surface area contributed by atoms with Gasteiger partial charge in [-0.15, -0.1) is 0 Å². The molecule has 0 fully saturated rings. The number of hydrogen-bond acceptors (Lipinski definition) is 4. The van der Waals surface area contributed by atoms with Crippen LogP contribution in [0.25, 0.3) is 0 Å². The number of nitrogens with one attached hydrogen (secondary N) is 2. The molecule has 150 valence electrons. The molecule has 2 aromatic carbocycles. The number of ether oxygens (including phenoxy) is 2. The van der Waals surface area contributed by atoms with Crippen LogP contribution in [-0.2, 0) is 11.2 Å². The molecule has 2 N–H and O–H groups in total. The Hall–Kier alpha value is -2.54. The molecule has 0 aromatic heterocycles. The highest BCUT2D eigenvalue weighted by Gasteiger charge is 2.10. The number of hydrazine groups is 1. The standard InChI is InChI=1S/C21H25BrN2O4/c1-4-15-5-10-19(18(22)11-15)28-13-20(25)23-24-21(26)16-6-8-17(9-7-16)27-12-14(2)3/h5-11,14H,4,12-13H2,1-3H3,(H,23,25)(H,24,26). The molecule has 0 bridgehead atoms. The van der Waals surface area contributed by atoms with Gasteiger partial charge in [-0.2, -0.15) is 0 Å². The average molecular weight is 449 g/mol. The third-order valence-electron chi connectivity index (χ3n) is 3.78. The lowest BCUT2D eigenvalue weighted by atomic mass is 10.2. The van der Waals surface area contributed by atoms with Gasteiger partial charge in [-0.3, -0.25) is 20.4 Å². The monoisotopic (exact) mass is 448 g/mol. The molecule has 0 aliphatic heterocycles. The molecule has 0 aliphatic carbocycles. The van der Waals surface area contributed by atoms with Crippen molar-refractivity contribution in [2.75, 3.05) is 13.2 Å². The summed E-state index contributed by atoms with van der Waals surface area (Å²) in [5, 5.41) is 0. The zero-order valence-corrected chi connectivity index (χ0v) is 17.8. The van der Waals surface area contributed by atoms with Crippen molar-refractivity contribution >= 4 is 27.7 Å². The smallest absolute Gasteiger partial charge is 0.276 e. The first-order valence-corrected chi connectivity index (χ1v) is 9.91. The number of halogens is 1. The van der Waals surface area contributed by atoms with E-state index in [1.165, 1.54) is 0 Å². The van der Waals surface area contributed by atoms with Crippen molar-refractivity contribution in [1.29, 1.82) is 0 Å². The van der Waals surface area contributed by atoms with Gasteiger partial charge in [-0.25, -0.2) is 0 Å². The first kappa shape index (κ1) is 21.8. The number of carbonyl (C=O) groups is 2. The molecule has 0 saturated heterocycles. The highest BCUT2D eigenvalue weighted by molar-refractivity contribution is 9.10. The Morgan fingerprint density at radius 1 is 1.04 bits per heavy atom. The van der Waals surface area contributed by atoms with E-state index in [4.69, 9.17) is 9.47 Å². The predicted octanol–water partition coefficient (Wildman–Crippen LogP) is 3.89. The van der Waals surface area contributed by atoms with E-state index in [1.54, 1.807) is 30.3 Å². The summed E-state index contributed by atoms with van der Waals surface area (Å²) in [7, 11) is 0. The van der Waals surface area contributed by atoms with Crippen LogP contribution in [0.2, 0.25) is 0 Å². The van der Waals surface area contributed by atoms with Gasteiger partial charge in [-0.1, -0.05) is 26.8 Å². The van der Waals surface area contributed by atoms with E-state index >= 15 is 0 Å². The minimum atomic E-state index is -0.461. The fourth-order valence-corrected chi connectivity index (χ4v) is 2.77. The normalized spacial score (nSPS) is 10.5. The summed E-state index contributed by atoms with van der Waals surface area (Å²) in [6.45, 7) is 6.58. The number of carbonyl (C=O) groups excluding carboxylic acids is 2. The molecule has 2 aromatic rings. The van der Waals surface area contributed by atoms with Crippen molar-refractivity contribution in [2.45, 2.75) is 27.2 Å². The molecular weight excluding hydrogens is 424 g/mol. The van der Waals surface area contributed by atoms with Gasteiger partial charge in [0.1, 0.15) is 11.5 Å². The van der Waals surface area contributed by atoms with Crippen molar-refractivity contribution in [2.24, 2.45) is 5.92 Å². The van der Waals surface area contributed by atoms with E-state index < -0.39 is 11.8 Å². The molecule has 0 spiro atoms. The molecule has 0 saturated carbocycles. The van der Waals surface area contributed by atoms with E-state index in [0.29, 0.717) is 29.6 Å². The second-order valence-electron chi connectivity index (χ2n) is 6.64. The first-order chi connectivity index (χ1) is 13.4. The van der Waals surface area contributed by atoms with E-state index in [-0.39, 0.29) is 6.61 Å². The minimum Gasteiger partial charge on any atom is -0.493 e. The lowest BCUT2D eigenvalue weighted by Gasteiger charge is -2.11. The number of hydrogen-bond donors (Lipinski definition) is 2. The van der Waals surface area contributed by atoms with E-state index in [0.717, 1.165) is 16.5 Å². The maximum absolute atomic E-state index is 12.1. The largest absolute Gasteiger partial charge is 0.493 e. The van der Waals surface area contributed by atoms with E-state index in [2.05, 4.69) is 47.6 Å². The second kappa shape index (κ2) is 10.7. The number of amides is 2. The van der Waals surface area contributed by atoms with Crippen molar-refractivity contribution in [3.8, 4) is 11.5 Å². The Kier molecular flexibility index (Phi) is 8.32. The van der Waals surface area contributed by atoms with Crippen LogP contribution in [0, 0.1) is 5.92 Å². The van der Waals surface area contributed by atoms with E-state index in [1.807, 2.05) is 12.1 Å². The summed E-state index contributed by atoms with van der Waals surface area (Å²) < 4.78 is 11.8. The fraction of sp³-hybridized carbons (Fsp3) is 0.333. The quantitative estimate of drug-likeness (QED) is 0.600. The maximum atomic E-state index is 12.1. The lowest BCUT2D eigenvalue weighted by Crippen LogP contribution is -2.43. The van der Waals surface area contributed by atoms with Crippen LogP contribution in [0.1, 0.15) is 36.7 Å². The van der Waals surface area contributed by atoms with Crippen LogP contribution < -0.4 is 20.3 Å². The van der Waals surface area contributed by atoms with E-state index in [9.17, 15) is 9.59 Å². The van der Waals surface area contributed by atoms with Gasteiger partial charge in [0, 0.05) is 5.56 Å². The molecule has 0 aliphatic rings. The van der Waals surface area contributed by atoms with Gasteiger partial charge in [0.15, 0.2) is 6.61 Å². The fourth-order valence-electron chi connectivity index (χ4n) is 2.22. The molecule has 28 heavy (non-hydrogen) atoms. The Labute approximate surface area is 173 Å². The SMILES string of the molecule is CCc1ccc(OCC(=O)NNC(=O)c2ccc(OCC(C)C)cc2)c(Br)c1. The van der Waals surface area contributed by atoms with Crippen LogP contribution in [0.15, 0.2) is 46.9 Å². The number of rotatable bonds is 8. The van der Waals surface area contributed by atoms with Gasteiger partial charge in [-0.05, 0) is 70.2 Å². The summed E-state index contributed by atoms with van der Waals surface area (Å²) in [6, 6.07) is 12.4. The van der Waals surface area contributed by atoms with Gasteiger partial charge in [0.05, 0.1) is 11.1 Å². The number of aryl methyl sites for hydroxylation is 1. The van der Waals surface area contributed by atoms with Crippen molar-refractivity contribution < 1.29 is 19.1 Å². The Balaban J connectivity index is 1.78. The van der Waals surface area contributed by atoms with Crippen LogP contribution in [0.4, 0.5) is 0 Å². The summed E-state index contributed by atoms with van der Waals surface area (Å²) in [5.74, 6) is 0.803. The maximum Gasteiger partial charge on any atom is 0.276 e. The Morgan fingerprint density at radius 2 is 1.75 bits per heavy atom. The Morgan fingerprint density at radius 3 is 2.36 bits per heavy atom. The highest BCUT2D eigenvalue weighted by Crippen LogP contribution is 2.26. The van der Waals surface area contributed by atoms with Gasteiger partial charge in [0.2, 0.25) is 0 Å². The first-order valence-electron chi connectivity index (χ1n) is 9.12. The van der Waals surface area contributed by atoms with Crippen molar-refractivity contribution in [3.63, 3.8) is 0 Å². The molecule has 2 rings (SSSR count). The van der Waals surface area contributed by atoms with Gasteiger partial charge in [0.25, 0.3) is 11.8 Å². The topological polar surface area (TPSA) is 76.7 Å². The highest BCUT2D eigenvalue weighted by atomic mass is 79.9. The van der Waals surface area contributed by atoms with Gasteiger partial charge < -0.3 is 9.47 Å². The molecule has 0 atom stereocenters. The average Bonchev–Trinajstić information content (AvgIpc) is 2.69. The molecular formula is C21H25BrN2O4. The summed E-state index contributed by atoms with van der Waals surface area (Å²) >= 11 is 3.42. The van der Waals surface area contributed by atoms with Crippen LogP contribution in [0.3, 0.4) is 0 Å². The summed E-state index contributed by atoms with van der Waals surface area (Å²) in [5.41, 5.74) is 6.28. The molecule has 7 heteroatoms. The van der Waals surface area contributed by atoms with Crippen LogP contribution in [0.5, 0.6) is 11.5 Å². The molecule has 6 nitrogen and oxygen atoms in total. The van der Waals surface area contributed by atoms with Crippen molar-refractivity contribution in [1.82, 2.24) is 10.9 Å². The Bertz CT molecular complexity index is 807. The van der Waals surface area contributed by atoms with Crippen LogP contribution >= 0.6 is 15.9 Å². The number of benzene rings is 2. The third kappa shape index (κ3) is 6.88. The second-order valence-corrected chi connectivity index (χ2v) is 7.49. The summed E-state index contributed by atoms with van der Waals surface area (Å²) in [4.78, 5) is 24.0. The zero-order chi connectivity index (χ0) is 20.5. The molecule has 0 radical (unpaired) electrons. The zero-order valence-electron chi connectivity index (χ0n) is 16.3. The van der Waals surface area contributed by atoms with Gasteiger partial charge >= 0.3 is 0 Å². The van der Waals surface area contributed by atoms with Crippen LogP contribution in [-0.4, -0.2) is 25.0 Å². The molecule has 0 unspecified atom stereocenters. The van der Waals surface area contributed by atoms with Crippen molar-refractivity contribution in [3.05, 3.63) is 58.1 Å². The predicted molar refractivity (Wildman–Crippen MR) is 111 cm³/mol. The lowest BCUT2D eigenvalue weighted by molar-refractivity contribution is -0.123. The molecule has 2 amide bonds. The third-order valence-corrected chi connectivity index (χ3v) is 4.40. The summed E-state index contributed by atoms with van der Waals surface area (Å²) in [6.07, 6.45) is 0.913. The minimum absolute atomic E-state index is 0.216.